The van der Waals surface area contributed by atoms with Crippen molar-refractivity contribution >= 4 is 0 Å². The number of hydrogen-bond acceptors (Lipinski definition) is 1. The molecular weight excluding hydrogens is 354 g/mol. The fourth-order valence-electron chi connectivity index (χ4n) is 5.64. The molecule has 4 unspecified atom stereocenters. The SMILES string of the molecule is C=CCCCC1CCC2C(c3ccc(OCCCCCC)c(F)c3F)CCC12. The van der Waals surface area contributed by atoms with E-state index in [1.54, 1.807) is 12.1 Å². The van der Waals surface area contributed by atoms with Crippen LogP contribution in [0.15, 0.2) is 24.8 Å². The van der Waals surface area contributed by atoms with Gasteiger partial charge in [-0.1, -0.05) is 38.3 Å². The Bertz CT molecular complexity index is 642. The Hall–Kier alpha value is -1.38. The van der Waals surface area contributed by atoms with Gasteiger partial charge in [-0.05, 0) is 86.7 Å². The second kappa shape index (κ2) is 10.4. The Labute approximate surface area is 169 Å². The molecule has 156 valence electrons. The fourth-order valence-corrected chi connectivity index (χ4v) is 5.64. The lowest BCUT2D eigenvalue weighted by Gasteiger charge is -2.22. The van der Waals surface area contributed by atoms with Gasteiger partial charge in [-0.15, -0.1) is 6.58 Å². The predicted molar refractivity (Wildman–Crippen MR) is 112 cm³/mol. The summed E-state index contributed by atoms with van der Waals surface area (Å²) in [5, 5.41) is 0. The molecule has 28 heavy (non-hydrogen) atoms. The molecule has 0 amide bonds. The van der Waals surface area contributed by atoms with Crippen LogP contribution in [0, 0.1) is 29.4 Å². The van der Waals surface area contributed by atoms with Gasteiger partial charge in [0.1, 0.15) is 0 Å². The molecular formula is C25H36F2O. The first-order valence-electron chi connectivity index (χ1n) is 11.4. The van der Waals surface area contributed by atoms with Crippen LogP contribution in [0.4, 0.5) is 8.78 Å². The van der Waals surface area contributed by atoms with E-state index in [-0.39, 0.29) is 11.7 Å². The number of halogens is 2. The molecule has 2 saturated carbocycles. The van der Waals surface area contributed by atoms with E-state index in [9.17, 15) is 8.78 Å². The van der Waals surface area contributed by atoms with Crippen LogP contribution in [0.5, 0.6) is 5.75 Å². The molecule has 3 rings (SSSR count). The summed E-state index contributed by atoms with van der Waals surface area (Å²) in [6.07, 6.45) is 14.3. The monoisotopic (exact) mass is 390 g/mol. The Morgan fingerprint density at radius 3 is 2.61 bits per heavy atom. The van der Waals surface area contributed by atoms with E-state index in [2.05, 4.69) is 13.5 Å². The highest BCUT2D eigenvalue weighted by molar-refractivity contribution is 5.34. The highest BCUT2D eigenvalue weighted by atomic mass is 19.2. The number of hydrogen-bond donors (Lipinski definition) is 0. The van der Waals surface area contributed by atoms with Crippen LogP contribution >= 0.6 is 0 Å². The summed E-state index contributed by atoms with van der Waals surface area (Å²) in [4.78, 5) is 0. The van der Waals surface area contributed by atoms with Gasteiger partial charge >= 0.3 is 0 Å². The van der Waals surface area contributed by atoms with Crippen LogP contribution in [0.25, 0.3) is 0 Å². The van der Waals surface area contributed by atoms with Gasteiger partial charge in [0.2, 0.25) is 5.82 Å². The van der Waals surface area contributed by atoms with Crippen molar-refractivity contribution in [2.75, 3.05) is 6.61 Å². The van der Waals surface area contributed by atoms with Crippen LogP contribution in [-0.2, 0) is 0 Å². The summed E-state index contributed by atoms with van der Waals surface area (Å²) in [5.74, 6) is 0.733. The zero-order chi connectivity index (χ0) is 19.9. The van der Waals surface area contributed by atoms with E-state index < -0.39 is 11.6 Å². The number of ether oxygens (including phenoxy) is 1. The van der Waals surface area contributed by atoms with Gasteiger partial charge in [0.15, 0.2) is 11.6 Å². The van der Waals surface area contributed by atoms with Gasteiger partial charge in [-0.25, -0.2) is 4.39 Å². The molecule has 0 heterocycles. The lowest BCUT2D eigenvalue weighted by Crippen LogP contribution is -2.14. The Balaban J connectivity index is 1.61. The van der Waals surface area contributed by atoms with Crippen LogP contribution in [0.1, 0.15) is 89.0 Å². The van der Waals surface area contributed by atoms with Crippen LogP contribution in [-0.4, -0.2) is 6.61 Å². The summed E-state index contributed by atoms with van der Waals surface area (Å²) in [7, 11) is 0. The number of fused-ring (bicyclic) bond motifs is 1. The number of unbranched alkanes of at least 4 members (excludes halogenated alkanes) is 4. The second-order valence-corrected chi connectivity index (χ2v) is 8.76. The third kappa shape index (κ3) is 4.78. The summed E-state index contributed by atoms with van der Waals surface area (Å²) in [5.41, 5.74) is 0.579. The van der Waals surface area contributed by atoms with Gasteiger partial charge in [0.05, 0.1) is 6.61 Å². The van der Waals surface area contributed by atoms with Crippen molar-refractivity contribution in [2.45, 2.75) is 83.5 Å². The lowest BCUT2D eigenvalue weighted by molar-refractivity contribution is 0.283. The van der Waals surface area contributed by atoms with Crippen molar-refractivity contribution < 1.29 is 13.5 Å². The highest BCUT2D eigenvalue weighted by Crippen LogP contribution is 2.56. The predicted octanol–water partition coefficient (Wildman–Crippen LogP) is 7.80. The van der Waals surface area contributed by atoms with Crippen molar-refractivity contribution in [1.29, 1.82) is 0 Å². The molecule has 0 radical (unpaired) electrons. The van der Waals surface area contributed by atoms with Crippen molar-refractivity contribution in [3.05, 3.63) is 42.0 Å². The molecule has 4 atom stereocenters. The first kappa shape index (κ1) is 21.3. The van der Waals surface area contributed by atoms with Crippen LogP contribution < -0.4 is 4.74 Å². The third-order valence-electron chi connectivity index (χ3n) is 7.07. The summed E-state index contributed by atoms with van der Waals surface area (Å²) in [6, 6.07) is 3.44. The molecule has 0 saturated heterocycles. The first-order chi connectivity index (χ1) is 13.7. The molecule has 0 aromatic heterocycles. The van der Waals surface area contributed by atoms with E-state index in [1.807, 2.05) is 6.08 Å². The third-order valence-corrected chi connectivity index (χ3v) is 7.07. The highest BCUT2D eigenvalue weighted by Gasteiger charge is 2.45. The topological polar surface area (TPSA) is 9.23 Å². The van der Waals surface area contributed by atoms with Gasteiger partial charge in [0.25, 0.3) is 0 Å². The molecule has 0 spiro atoms. The average molecular weight is 391 g/mol. The van der Waals surface area contributed by atoms with E-state index in [4.69, 9.17) is 4.74 Å². The summed E-state index contributed by atoms with van der Waals surface area (Å²) < 4.78 is 35.0. The van der Waals surface area contributed by atoms with Gasteiger partial charge in [-0.3, -0.25) is 0 Å². The molecule has 1 aromatic carbocycles. The standard InChI is InChI=1S/C25H36F2O/c1-3-5-7-9-17-28-23-16-15-22(24(26)25(23)27)21-14-13-19-18(10-8-6-4-2)11-12-20(19)21/h4,15-16,18-21H,2-3,5-14,17H2,1H3. The Morgan fingerprint density at radius 2 is 1.82 bits per heavy atom. The van der Waals surface area contributed by atoms with Crippen molar-refractivity contribution in [1.82, 2.24) is 0 Å². The number of rotatable bonds is 11. The summed E-state index contributed by atoms with van der Waals surface area (Å²) in [6.45, 7) is 6.42. The minimum Gasteiger partial charge on any atom is -0.490 e. The van der Waals surface area contributed by atoms with E-state index in [0.717, 1.165) is 57.3 Å². The van der Waals surface area contributed by atoms with E-state index in [0.29, 0.717) is 24.0 Å². The number of allylic oxidation sites excluding steroid dienone is 1. The Kier molecular flexibility index (Phi) is 7.93. The van der Waals surface area contributed by atoms with Crippen LogP contribution in [0.2, 0.25) is 0 Å². The largest absolute Gasteiger partial charge is 0.490 e. The molecule has 0 N–H and O–H groups in total. The smallest absolute Gasteiger partial charge is 0.200 e. The van der Waals surface area contributed by atoms with E-state index in [1.165, 1.54) is 19.3 Å². The molecule has 0 aliphatic heterocycles. The van der Waals surface area contributed by atoms with E-state index >= 15 is 0 Å². The van der Waals surface area contributed by atoms with Gasteiger partial charge in [0, 0.05) is 0 Å². The number of benzene rings is 1. The Morgan fingerprint density at radius 1 is 1.00 bits per heavy atom. The molecule has 1 aromatic rings. The van der Waals surface area contributed by atoms with Gasteiger partial charge < -0.3 is 4.74 Å². The van der Waals surface area contributed by atoms with Crippen LogP contribution in [0.3, 0.4) is 0 Å². The normalized spacial score (nSPS) is 26.4. The fraction of sp³-hybridized carbons (Fsp3) is 0.680. The second-order valence-electron chi connectivity index (χ2n) is 8.76. The maximum absolute atomic E-state index is 14.9. The zero-order valence-corrected chi connectivity index (χ0v) is 17.4. The molecule has 2 aliphatic rings. The lowest BCUT2D eigenvalue weighted by atomic mass is 9.83. The zero-order valence-electron chi connectivity index (χ0n) is 17.4. The van der Waals surface area contributed by atoms with Crippen molar-refractivity contribution in [2.24, 2.45) is 17.8 Å². The van der Waals surface area contributed by atoms with Crippen molar-refractivity contribution in [3.63, 3.8) is 0 Å². The molecule has 2 aliphatic carbocycles. The summed E-state index contributed by atoms with van der Waals surface area (Å²) >= 11 is 0. The molecule has 1 nitrogen and oxygen atoms in total. The quantitative estimate of drug-likeness (QED) is 0.277. The first-order valence-corrected chi connectivity index (χ1v) is 11.4. The minimum absolute atomic E-state index is 0.0704. The van der Waals surface area contributed by atoms with Crippen molar-refractivity contribution in [3.8, 4) is 5.75 Å². The van der Waals surface area contributed by atoms with Gasteiger partial charge in [-0.2, -0.15) is 4.39 Å². The maximum atomic E-state index is 14.9. The average Bonchev–Trinajstić information content (AvgIpc) is 3.28. The molecule has 3 heteroatoms. The maximum Gasteiger partial charge on any atom is 0.200 e. The minimum atomic E-state index is -0.794. The molecule has 0 bridgehead atoms. The molecule has 2 fully saturated rings.